The first-order valence-corrected chi connectivity index (χ1v) is 24.9. The van der Waals surface area contributed by atoms with Crippen molar-refractivity contribution in [3.05, 3.63) is 131 Å². The molecule has 0 spiro atoms. The molecule has 1 saturated heterocycles. The second-order valence-electron chi connectivity index (χ2n) is 18.7. The van der Waals surface area contributed by atoms with E-state index in [0.717, 1.165) is 81.6 Å². The molecule has 0 bridgehead atoms. The highest BCUT2D eigenvalue weighted by Gasteiger charge is 2.44. The smallest absolute Gasteiger partial charge is 0.246 e. The number of ether oxygens (including phenoxy) is 1. The molecule has 0 radical (unpaired) electrons. The topological polar surface area (TPSA) is 190 Å². The zero-order valence-electron chi connectivity index (χ0n) is 40.4. The van der Waals surface area contributed by atoms with Crippen LogP contribution < -0.4 is 20.7 Å². The third kappa shape index (κ3) is 14.7. The number of β-amino-alcohol motifs (C(OH)–C–C–N with tert-alkyl or cyclic N) is 1. The third-order valence-corrected chi connectivity index (χ3v) is 13.4. The van der Waals surface area contributed by atoms with E-state index in [1.54, 1.807) is 35.6 Å². The van der Waals surface area contributed by atoms with Crippen LogP contribution in [0.5, 0.6) is 17.2 Å². The van der Waals surface area contributed by atoms with Gasteiger partial charge in [-0.2, -0.15) is 0 Å². The van der Waals surface area contributed by atoms with E-state index in [1.807, 2.05) is 106 Å². The van der Waals surface area contributed by atoms with Crippen molar-refractivity contribution in [1.29, 1.82) is 0 Å². The van der Waals surface area contributed by atoms with Crippen LogP contribution in [0.1, 0.15) is 113 Å². The summed E-state index contributed by atoms with van der Waals surface area (Å²) in [5, 5.41) is 39.2. The van der Waals surface area contributed by atoms with Crippen molar-refractivity contribution in [2.45, 2.75) is 117 Å². The predicted octanol–water partition coefficient (Wildman–Crippen LogP) is 8.93. The van der Waals surface area contributed by atoms with Gasteiger partial charge in [0.15, 0.2) is 0 Å². The lowest BCUT2D eigenvalue weighted by molar-refractivity contribution is -0.144. The number of hydrogen-bond donors (Lipinski definition) is 6. The van der Waals surface area contributed by atoms with Crippen molar-refractivity contribution in [3.8, 4) is 27.7 Å². The molecule has 1 aliphatic rings. The maximum Gasteiger partial charge on any atom is 0.246 e. The molecule has 1 fully saturated rings. The largest absolute Gasteiger partial charge is 0.508 e. The van der Waals surface area contributed by atoms with E-state index in [2.05, 4.69) is 27.9 Å². The number of thiazole rings is 1. The molecular weight excluding hydrogens is 891 g/mol. The number of amides is 4. The molecule has 3 atom stereocenters. The highest BCUT2D eigenvalue weighted by atomic mass is 32.1. The molecule has 69 heavy (non-hydrogen) atoms. The molecule has 6 rings (SSSR count). The molecule has 0 saturated carbocycles. The van der Waals surface area contributed by atoms with Crippen molar-refractivity contribution < 1.29 is 39.2 Å². The van der Waals surface area contributed by atoms with Gasteiger partial charge >= 0.3 is 0 Å². The molecule has 1 aromatic heterocycles. The summed E-state index contributed by atoms with van der Waals surface area (Å²) in [6.45, 7) is 10.6. The second-order valence-corrected chi connectivity index (χ2v) is 19.6. The van der Waals surface area contributed by atoms with Crippen molar-refractivity contribution in [2.75, 3.05) is 19.7 Å². The van der Waals surface area contributed by atoms with Gasteiger partial charge < -0.3 is 40.9 Å². The number of rotatable bonds is 22. The first kappa shape index (κ1) is 51.9. The summed E-state index contributed by atoms with van der Waals surface area (Å²) >= 11 is 1.58. The number of likely N-dealkylation sites (tertiary alicyclic amines) is 1. The third-order valence-electron chi connectivity index (χ3n) is 12.4. The maximum absolute atomic E-state index is 14.0. The molecule has 6 N–H and O–H groups in total. The number of aliphatic hydroxyl groups excluding tert-OH is 1. The quantitative estimate of drug-likeness (QED) is 0.0291. The molecule has 5 aromatic rings. The minimum atomic E-state index is -0.886. The highest BCUT2D eigenvalue weighted by molar-refractivity contribution is 7.13. The van der Waals surface area contributed by atoms with E-state index in [1.165, 1.54) is 4.90 Å². The van der Waals surface area contributed by atoms with Crippen LogP contribution in [0.2, 0.25) is 0 Å². The Morgan fingerprint density at radius 2 is 1.36 bits per heavy atom. The number of phenolic OH excluding ortho intramolecular Hbond substituents is 2. The number of carbonyl (C=O) groups is 4. The summed E-state index contributed by atoms with van der Waals surface area (Å²) in [7, 11) is 0. The number of carbonyl (C=O) groups excluding carboxylic acids is 4. The fourth-order valence-corrected chi connectivity index (χ4v) is 9.42. The lowest BCUT2D eigenvalue weighted by Crippen LogP contribution is -2.57. The number of phenols is 2. The predicted molar refractivity (Wildman–Crippen MR) is 271 cm³/mol. The van der Waals surface area contributed by atoms with Crippen LogP contribution in [0.3, 0.4) is 0 Å². The van der Waals surface area contributed by atoms with E-state index in [4.69, 9.17) is 4.74 Å². The number of benzene rings is 4. The van der Waals surface area contributed by atoms with Crippen LogP contribution in [0.4, 0.5) is 0 Å². The number of nitrogens with one attached hydrogen (secondary N) is 3. The number of nitrogens with zero attached hydrogens (tertiary/aromatic N) is 2. The van der Waals surface area contributed by atoms with Gasteiger partial charge in [-0.05, 0) is 107 Å². The first-order valence-electron chi connectivity index (χ1n) is 24.0. The molecule has 14 heteroatoms. The first-order chi connectivity index (χ1) is 33.1. The zero-order chi connectivity index (χ0) is 49.5. The summed E-state index contributed by atoms with van der Waals surface area (Å²) in [6.07, 6.45) is 4.49. The van der Waals surface area contributed by atoms with Crippen molar-refractivity contribution in [3.63, 3.8) is 0 Å². The molecule has 13 nitrogen and oxygen atoms in total. The molecule has 4 aromatic carbocycles. The SMILES string of the molecule is CCC(=C(c1ccc(O)cc1)c1ccc(OCCNC(=O)CCCCCCCC(=O)N[C@H](C(=O)N2C[C@H](O)C[C@H]2C(=O)NCc2ccc(-c3scnc3C)cc2)C(C)(C)C)cc1)c1ccc(O)cc1. The van der Waals surface area contributed by atoms with Crippen LogP contribution >= 0.6 is 11.3 Å². The Hall–Kier alpha value is -6.51. The van der Waals surface area contributed by atoms with Gasteiger partial charge in [0.2, 0.25) is 23.6 Å². The summed E-state index contributed by atoms with van der Waals surface area (Å²) in [5.74, 6) is 0.0294. The Morgan fingerprint density at radius 1 is 0.783 bits per heavy atom. The van der Waals surface area contributed by atoms with Crippen LogP contribution in [-0.4, -0.2) is 86.7 Å². The monoisotopic (exact) mass is 957 g/mol. The number of aryl methyl sites for hydroxylation is 1. The second kappa shape index (κ2) is 24.7. The molecule has 2 heterocycles. The van der Waals surface area contributed by atoms with E-state index >= 15 is 0 Å². The van der Waals surface area contributed by atoms with Gasteiger partial charge in [0.1, 0.15) is 35.9 Å². The summed E-state index contributed by atoms with van der Waals surface area (Å²) < 4.78 is 5.95. The molecule has 4 amide bonds. The highest BCUT2D eigenvalue weighted by Crippen LogP contribution is 2.36. The minimum absolute atomic E-state index is 0.0108. The van der Waals surface area contributed by atoms with E-state index in [0.29, 0.717) is 31.7 Å². The Kier molecular flexibility index (Phi) is 18.6. The summed E-state index contributed by atoms with van der Waals surface area (Å²) in [6, 6.07) is 28.2. The van der Waals surface area contributed by atoms with Crippen molar-refractivity contribution in [2.24, 2.45) is 5.41 Å². The minimum Gasteiger partial charge on any atom is -0.508 e. The summed E-state index contributed by atoms with van der Waals surface area (Å²) in [4.78, 5) is 60.0. The van der Waals surface area contributed by atoms with Gasteiger partial charge in [-0.1, -0.05) is 108 Å². The van der Waals surface area contributed by atoms with Crippen LogP contribution in [0.15, 0.2) is 103 Å². The Labute approximate surface area is 410 Å². The van der Waals surface area contributed by atoms with E-state index < -0.39 is 23.6 Å². The van der Waals surface area contributed by atoms with Crippen molar-refractivity contribution in [1.82, 2.24) is 25.8 Å². The van der Waals surface area contributed by atoms with E-state index in [9.17, 15) is 34.5 Å². The van der Waals surface area contributed by atoms with E-state index in [-0.39, 0.29) is 61.1 Å². The molecular formula is C55H67N5O8S. The zero-order valence-corrected chi connectivity index (χ0v) is 41.2. The molecule has 366 valence electrons. The average Bonchev–Trinajstić information content (AvgIpc) is 3.95. The van der Waals surface area contributed by atoms with Gasteiger partial charge in [0.25, 0.3) is 0 Å². The number of aliphatic hydroxyl groups is 1. The number of aromatic nitrogens is 1. The standard InChI is InChI=1S/C55H67N5O8S/c1-6-46(38-18-24-42(61)25-19-38)50(39-20-26-43(62)27-21-39)40-22-28-45(29-23-40)68-31-30-56-48(64)12-10-8-7-9-11-13-49(65)59-52(55(3,4)5)54(67)60-34-44(63)32-47(60)53(66)57-33-37-14-16-41(17-15-37)51-36(2)58-35-69-51/h14-29,35,44,47,52,61-63H,6-13,30-34H2,1-5H3,(H,56,64)(H,57,66)(H,59,65)/t44-,47+,52-/m1/s1. The normalized spacial score (nSPS) is 15.5. The molecule has 0 aliphatic carbocycles. The maximum atomic E-state index is 14.0. The van der Waals surface area contributed by atoms with Gasteiger partial charge in [0, 0.05) is 32.4 Å². The van der Waals surface area contributed by atoms with Gasteiger partial charge in [-0.25, -0.2) is 4.98 Å². The number of allylic oxidation sites excluding steroid dienone is 1. The molecule has 1 aliphatic heterocycles. The fourth-order valence-electron chi connectivity index (χ4n) is 8.61. The summed E-state index contributed by atoms with van der Waals surface area (Å²) in [5.41, 5.74) is 9.13. The fraction of sp³-hybridized carbons (Fsp3) is 0.400. The number of aromatic hydroxyl groups is 2. The lowest BCUT2D eigenvalue weighted by Gasteiger charge is -2.35. The number of unbranched alkanes of at least 4 members (excludes halogenated alkanes) is 4. The van der Waals surface area contributed by atoms with Gasteiger partial charge in [-0.3, -0.25) is 19.2 Å². The van der Waals surface area contributed by atoms with Gasteiger partial charge in [0.05, 0.1) is 28.7 Å². The van der Waals surface area contributed by atoms with Crippen molar-refractivity contribution >= 4 is 46.1 Å². The van der Waals surface area contributed by atoms with Crippen LogP contribution in [-0.2, 0) is 25.7 Å². The number of hydrogen-bond acceptors (Lipinski definition) is 10. The average molecular weight is 958 g/mol. The Bertz CT molecular complexity index is 2510. The lowest BCUT2D eigenvalue weighted by atomic mass is 9.85. The Balaban J connectivity index is 0.875. The Morgan fingerprint density at radius 3 is 1.94 bits per heavy atom. The molecule has 0 unspecified atom stereocenters. The van der Waals surface area contributed by atoms with Crippen LogP contribution in [0.25, 0.3) is 21.6 Å². The van der Waals surface area contributed by atoms with Gasteiger partial charge in [-0.15, -0.1) is 11.3 Å². The van der Waals surface area contributed by atoms with Crippen LogP contribution in [0, 0.1) is 12.3 Å².